The SMILES string of the molecule is CC(C)n1cc(NC(=O)c2cncc(N)n2)cn1. The minimum absolute atomic E-state index is 0.173. The minimum Gasteiger partial charge on any atom is -0.382 e. The molecule has 1 amide bonds. The van der Waals surface area contributed by atoms with Gasteiger partial charge in [0.2, 0.25) is 0 Å². The molecule has 2 aromatic rings. The van der Waals surface area contributed by atoms with E-state index >= 15 is 0 Å². The van der Waals surface area contributed by atoms with Crippen molar-refractivity contribution in [2.45, 2.75) is 19.9 Å². The van der Waals surface area contributed by atoms with Crippen molar-refractivity contribution in [3.8, 4) is 0 Å². The first-order valence-electron chi connectivity index (χ1n) is 5.49. The van der Waals surface area contributed by atoms with Crippen LogP contribution in [0.5, 0.6) is 0 Å². The molecule has 2 heterocycles. The Labute approximate surface area is 104 Å². The van der Waals surface area contributed by atoms with E-state index in [1.807, 2.05) is 13.8 Å². The predicted octanol–water partition coefficient (Wildman–Crippen LogP) is 1.09. The van der Waals surface area contributed by atoms with Gasteiger partial charge in [0.05, 0.1) is 24.3 Å². The molecule has 0 radical (unpaired) electrons. The van der Waals surface area contributed by atoms with Gasteiger partial charge in [-0.25, -0.2) is 4.98 Å². The Hall–Kier alpha value is -2.44. The molecule has 0 saturated carbocycles. The molecule has 0 unspecified atom stereocenters. The van der Waals surface area contributed by atoms with E-state index in [9.17, 15) is 4.79 Å². The monoisotopic (exact) mass is 246 g/mol. The highest BCUT2D eigenvalue weighted by Crippen LogP contribution is 2.11. The summed E-state index contributed by atoms with van der Waals surface area (Å²) in [5.41, 5.74) is 6.25. The van der Waals surface area contributed by atoms with E-state index in [4.69, 9.17) is 5.73 Å². The summed E-state index contributed by atoms with van der Waals surface area (Å²) in [6, 6.07) is 0.239. The van der Waals surface area contributed by atoms with Crippen LogP contribution in [0.15, 0.2) is 24.8 Å². The van der Waals surface area contributed by atoms with E-state index < -0.39 is 0 Å². The summed E-state index contributed by atoms with van der Waals surface area (Å²) in [6.45, 7) is 4.00. The number of nitrogens with zero attached hydrogens (tertiary/aromatic N) is 4. The zero-order chi connectivity index (χ0) is 13.1. The maximum Gasteiger partial charge on any atom is 0.276 e. The molecule has 0 spiro atoms. The number of aromatic nitrogens is 4. The number of nitrogen functional groups attached to an aromatic ring is 1. The van der Waals surface area contributed by atoms with Crippen molar-refractivity contribution in [3.63, 3.8) is 0 Å². The van der Waals surface area contributed by atoms with Crippen LogP contribution in [0.25, 0.3) is 0 Å². The van der Waals surface area contributed by atoms with Gasteiger partial charge in [0, 0.05) is 12.2 Å². The van der Waals surface area contributed by atoms with Crippen LogP contribution in [-0.2, 0) is 0 Å². The van der Waals surface area contributed by atoms with Crippen molar-refractivity contribution in [1.82, 2.24) is 19.7 Å². The highest BCUT2D eigenvalue weighted by Gasteiger charge is 2.10. The van der Waals surface area contributed by atoms with E-state index in [-0.39, 0.29) is 23.5 Å². The molecule has 0 aromatic carbocycles. The van der Waals surface area contributed by atoms with Crippen LogP contribution in [0.3, 0.4) is 0 Å². The van der Waals surface area contributed by atoms with Gasteiger partial charge in [-0.15, -0.1) is 0 Å². The van der Waals surface area contributed by atoms with Crippen molar-refractivity contribution in [2.75, 3.05) is 11.1 Å². The average Bonchev–Trinajstić information content (AvgIpc) is 2.77. The van der Waals surface area contributed by atoms with Gasteiger partial charge >= 0.3 is 0 Å². The van der Waals surface area contributed by atoms with Crippen LogP contribution in [-0.4, -0.2) is 25.7 Å². The Morgan fingerprint density at radius 2 is 2.17 bits per heavy atom. The van der Waals surface area contributed by atoms with Crippen molar-refractivity contribution in [2.24, 2.45) is 0 Å². The Morgan fingerprint density at radius 1 is 1.39 bits per heavy atom. The van der Waals surface area contributed by atoms with Crippen LogP contribution < -0.4 is 11.1 Å². The largest absolute Gasteiger partial charge is 0.382 e. The molecule has 7 nitrogen and oxygen atoms in total. The predicted molar refractivity (Wildman–Crippen MR) is 67.0 cm³/mol. The van der Waals surface area contributed by atoms with Crippen molar-refractivity contribution < 1.29 is 4.79 Å². The Kier molecular flexibility index (Phi) is 3.22. The summed E-state index contributed by atoms with van der Waals surface area (Å²) in [5.74, 6) is -0.154. The third kappa shape index (κ3) is 2.62. The summed E-state index contributed by atoms with van der Waals surface area (Å²) in [5, 5.41) is 6.80. The highest BCUT2D eigenvalue weighted by atomic mass is 16.1. The molecule has 0 aliphatic carbocycles. The van der Waals surface area contributed by atoms with Gasteiger partial charge in [0.15, 0.2) is 0 Å². The van der Waals surface area contributed by atoms with E-state index in [0.29, 0.717) is 5.69 Å². The lowest BCUT2D eigenvalue weighted by Crippen LogP contribution is -2.14. The van der Waals surface area contributed by atoms with Gasteiger partial charge in [-0.3, -0.25) is 14.5 Å². The van der Waals surface area contributed by atoms with E-state index in [1.54, 1.807) is 17.1 Å². The minimum atomic E-state index is -0.363. The van der Waals surface area contributed by atoms with Gasteiger partial charge < -0.3 is 11.1 Å². The molecule has 0 atom stereocenters. The first-order chi connectivity index (χ1) is 8.56. The smallest absolute Gasteiger partial charge is 0.276 e. The fourth-order valence-corrected chi connectivity index (χ4v) is 1.37. The van der Waals surface area contributed by atoms with Crippen LogP contribution >= 0.6 is 0 Å². The first kappa shape index (κ1) is 12.0. The number of nitrogens with one attached hydrogen (secondary N) is 1. The van der Waals surface area contributed by atoms with Crippen LogP contribution in [0.1, 0.15) is 30.4 Å². The van der Waals surface area contributed by atoms with E-state index in [1.165, 1.54) is 12.4 Å². The van der Waals surface area contributed by atoms with Gasteiger partial charge in [0.25, 0.3) is 5.91 Å². The average molecular weight is 246 g/mol. The number of rotatable bonds is 3. The third-order valence-electron chi connectivity index (χ3n) is 2.27. The maximum absolute atomic E-state index is 11.8. The quantitative estimate of drug-likeness (QED) is 0.844. The molecule has 0 saturated heterocycles. The number of amides is 1. The fourth-order valence-electron chi connectivity index (χ4n) is 1.37. The molecule has 2 rings (SSSR count). The van der Waals surface area contributed by atoms with Crippen molar-refractivity contribution >= 4 is 17.4 Å². The number of carbonyl (C=O) groups excluding carboxylic acids is 1. The third-order valence-corrected chi connectivity index (χ3v) is 2.27. The lowest BCUT2D eigenvalue weighted by atomic mass is 10.4. The zero-order valence-corrected chi connectivity index (χ0v) is 10.2. The van der Waals surface area contributed by atoms with E-state index in [0.717, 1.165) is 0 Å². The van der Waals surface area contributed by atoms with E-state index in [2.05, 4.69) is 20.4 Å². The van der Waals surface area contributed by atoms with Gasteiger partial charge in [-0.1, -0.05) is 0 Å². The van der Waals surface area contributed by atoms with Gasteiger partial charge in [-0.05, 0) is 13.8 Å². The summed E-state index contributed by atoms with van der Waals surface area (Å²) < 4.78 is 1.75. The molecule has 0 aliphatic rings. The molecular formula is C11H14N6O. The Balaban J connectivity index is 2.11. The summed E-state index contributed by atoms with van der Waals surface area (Å²) in [6.07, 6.45) is 6.08. The summed E-state index contributed by atoms with van der Waals surface area (Å²) in [7, 11) is 0. The van der Waals surface area contributed by atoms with Crippen LogP contribution in [0, 0.1) is 0 Å². The van der Waals surface area contributed by atoms with Gasteiger partial charge in [-0.2, -0.15) is 5.10 Å². The maximum atomic E-state index is 11.8. The topological polar surface area (TPSA) is 98.7 Å². The van der Waals surface area contributed by atoms with Gasteiger partial charge in [0.1, 0.15) is 11.5 Å². The standard InChI is InChI=1S/C11H14N6O/c1-7(2)17-6-8(3-14-17)15-11(18)9-4-13-5-10(12)16-9/h3-7H,1-2H3,(H2,12,16)(H,15,18). The lowest BCUT2D eigenvalue weighted by molar-refractivity contribution is 0.102. The second-order valence-electron chi connectivity index (χ2n) is 4.09. The molecule has 0 aliphatic heterocycles. The molecule has 7 heteroatoms. The van der Waals surface area contributed by atoms with Crippen molar-refractivity contribution in [3.05, 3.63) is 30.5 Å². The zero-order valence-electron chi connectivity index (χ0n) is 10.2. The first-order valence-corrected chi connectivity index (χ1v) is 5.49. The fraction of sp³-hybridized carbons (Fsp3) is 0.273. The lowest BCUT2D eigenvalue weighted by Gasteiger charge is -2.04. The Bertz CT molecular complexity index is 562. The molecule has 94 valence electrons. The van der Waals surface area contributed by atoms with Crippen LogP contribution in [0.2, 0.25) is 0 Å². The normalized spacial score (nSPS) is 10.6. The Morgan fingerprint density at radius 3 is 2.78 bits per heavy atom. The molecule has 3 N–H and O–H groups in total. The molecule has 0 bridgehead atoms. The molecule has 2 aromatic heterocycles. The second-order valence-corrected chi connectivity index (χ2v) is 4.09. The number of carbonyl (C=O) groups is 1. The van der Waals surface area contributed by atoms with Crippen LogP contribution in [0.4, 0.5) is 11.5 Å². The number of anilines is 2. The molecular weight excluding hydrogens is 232 g/mol. The summed E-state index contributed by atoms with van der Waals surface area (Å²) in [4.78, 5) is 19.5. The molecule has 18 heavy (non-hydrogen) atoms. The number of nitrogens with two attached hydrogens (primary N) is 1. The number of hydrogen-bond donors (Lipinski definition) is 2. The second kappa shape index (κ2) is 4.82. The van der Waals surface area contributed by atoms with Crippen molar-refractivity contribution in [1.29, 1.82) is 0 Å². The highest BCUT2D eigenvalue weighted by molar-refractivity contribution is 6.02. The summed E-state index contributed by atoms with van der Waals surface area (Å²) >= 11 is 0. The number of hydrogen-bond acceptors (Lipinski definition) is 5. The molecule has 0 fully saturated rings.